The third kappa shape index (κ3) is 2.98. The predicted octanol–water partition coefficient (Wildman–Crippen LogP) is 0.980. The molecule has 0 aliphatic rings. The molecule has 72 valence electrons. The second-order valence-electron chi connectivity index (χ2n) is 2.27. The molecule has 1 aromatic carbocycles. The second-order valence-corrected chi connectivity index (χ2v) is 2.27. The van der Waals surface area contributed by atoms with Crippen LogP contribution >= 0.6 is 12.4 Å². The van der Waals surface area contributed by atoms with Crippen molar-refractivity contribution in [2.24, 2.45) is 5.84 Å². The Kier molecular flexibility index (Phi) is 4.98. The predicted molar refractivity (Wildman–Crippen MR) is 51.4 cm³/mol. The first kappa shape index (κ1) is 11.8. The lowest BCUT2D eigenvalue weighted by molar-refractivity contribution is -0.385. The van der Waals surface area contributed by atoms with E-state index in [1.165, 1.54) is 6.07 Å². The van der Waals surface area contributed by atoms with Gasteiger partial charge in [-0.25, -0.2) is 0 Å². The van der Waals surface area contributed by atoms with Gasteiger partial charge < -0.3 is 0 Å². The standard InChI is InChI=1S/C7H9N3O2.ClH/c8-9-5-6-3-1-2-4-7(6)10(11)12;/h1-4,9H,5,8H2;1H. The van der Waals surface area contributed by atoms with Crippen molar-refractivity contribution in [1.82, 2.24) is 5.43 Å². The van der Waals surface area contributed by atoms with Gasteiger partial charge in [0.25, 0.3) is 5.69 Å². The molecule has 0 heterocycles. The summed E-state index contributed by atoms with van der Waals surface area (Å²) < 4.78 is 0. The molecule has 6 heteroatoms. The van der Waals surface area contributed by atoms with Gasteiger partial charge in [0, 0.05) is 18.2 Å². The summed E-state index contributed by atoms with van der Waals surface area (Å²) in [6, 6.07) is 6.47. The van der Waals surface area contributed by atoms with E-state index < -0.39 is 4.92 Å². The van der Waals surface area contributed by atoms with Gasteiger partial charge in [-0.2, -0.15) is 0 Å². The van der Waals surface area contributed by atoms with Crippen LogP contribution in [0.3, 0.4) is 0 Å². The number of halogens is 1. The fourth-order valence-electron chi connectivity index (χ4n) is 0.948. The molecule has 0 fully saturated rings. The summed E-state index contributed by atoms with van der Waals surface area (Å²) in [5.41, 5.74) is 3.06. The fourth-order valence-corrected chi connectivity index (χ4v) is 0.948. The topological polar surface area (TPSA) is 81.2 Å². The zero-order valence-electron chi connectivity index (χ0n) is 6.77. The van der Waals surface area contributed by atoms with Gasteiger partial charge in [0.1, 0.15) is 0 Å². The van der Waals surface area contributed by atoms with Crippen molar-refractivity contribution in [3.05, 3.63) is 39.9 Å². The van der Waals surface area contributed by atoms with Crippen molar-refractivity contribution in [3.8, 4) is 0 Å². The van der Waals surface area contributed by atoms with E-state index in [9.17, 15) is 10.1 Å². The average Bonchev–Trinajstić information content (AvgIpc) is 2.05. The number of hydrazine groups is 1. The Morgan fingerprint density at radius 3 is 2.62 bits per heavy atom. The van der Waals surface area contributed by atoms with E-state index in [0.29, 0.717) is 12.1 Å². The molecule has 0 amide bonds. The van der Waals surface area contributed by atoms with E-state index in [2.05, 4.69) is 5.43 Å². The lowest BCUT2D eigenvalue weighted by Gasteiger charge is -1.99. The Labute approximate surface area is 81.5 Å². The molecule has 0 atom stereocenters. The van der Waals surface area contributed by atoms with Gasteiger partial charge in [0.15, 0.2) is 0 Å². The molecular formula is C7H10ClN3O2. The Morgan fingerprint density at radius 2 is 2.08 bits per heavy atom. The Bertz CT molecular complexity index is 293. The van der Waals surface area contributed by atoms with Crippen molar-refractivity contribution in [1.29, 1.82) is 0 Å². The van der Waals surface area contributed by atoms with Crippen LogP contribution in [0.5, 0.6) is 0 Å². The molecule has 0 bridgehead atoms. The number of para-hydroxylation sites is 1. The first-order valence-electron chi connectivity index (χ1n) is 3.41. The number of nitrogens with two attached hydrogens (primary N) is 1. The molecule has 0 radical (unpaired) electrons. The number of nitrogens with one attached hydrogen (secondary N) is 1. The van der Waals surface area contributed by atoms with Gasteiger partial charge in [-0.3, -0.25) is 21.4 Å². The van der Waals surface area contributed by atoms with E-state index in [4.69, 9.17) is 5.84 Å². The Morgan fingerprint density at radius 1 is 1.46 bits per heavy atom. The van der Waals surface area contributed by atoms with Crippen LogP contribution in [-0.2, 0) is 6.54 Å². The minimum absolute atomic E-state index is 0. The maximum atomic E-state index is 10.4. The van der Waals surface area contributed by atoms with Crippen molar-refractivity contribution in [2.45, 2.75) is 6.54 Å². The quantitative estimate of drug-likeness (QED) is 0.436. The van der Waals surface area contributed by atoms with Crippen LogP contribution in [0.1, 0.15) is 5.56 Å². The lowest BCUT2D eigenvalue weighted by atomic mass is 10.2. The minimum atomic E-state index is -0.424. The molecule has 0 aliphatic carbocycles. The van der Waals surface area contributed by atoms with E-state index in [-0.39, 0.29) is 18.1 Å². The number of nitro benzene ring substituents is 1. The first-order valence-corrected chi connectivity index (χ1v) is 3.41. The van der Waals surface area contributed by atoms with Crippen LogP contribution in [0, 0.1) is 10.1 Å². The Hall–Kier alpha value is -1.17. The Balaban J connectivity index is 0.00000144. The molecular weight excluding hydrogens is 194 g/mol. The van der Waals surface area contributed by atoms with Crippen molar-refractivity contribution < 1.29 is 4.92 Å². The summed E-state index contributed by atoms with van der Waals surface area (Å²) in [6.07, 6.45) is 0. The van der Waals surface area contributed by atoms with Crippen LogP contribution in [0.15, 0.2) is 24.3 Å². The molecule has 1 aromatic rings. The zero-order valence-corrected chi connectivity index (χ0v) is 7.58. The average molecular weight is 204 g/mol. The minimum Gasteiger partial charge on any atom is -0.271 e. The van der Waals surface area contributed by atoms with Crippen LogP contribution in [-0.4, -0.2) is 4.92 Å². The fraction of sp³-hybridized carbons (Fsp3) is 0.143. The summed E-state index contributed by atoms with van der Waals surface area (Å²) in [5.74, 6) is 5.06. The molecule has 5 nitrogen and oxygen atoms in total. The summed E-state index contributed by atoms with van der Waals surface area (Å²) >= 11 is 0. The van der Waals surface area contributed by atoms with Gasteiger partial charge in [-0.05, 0) is 0 Å². The van der Waals surface area contributed by atoms with Gasteiger partial charge in [0.05, 0.1) is 4.92 Å². The van der Waals surface area contributed by atoms with Crippen LogP contribution < -0.4 is 11.3 Å². The molecule has 0 spiro atoms. The maximum Gasteiger partial charge on any atom is 0.273 e. The van der Waals surface area contributed by atoms with Crippen molar-refractivity contribution >= 4 is 18.1 Å². The van der Waals surface area contributed by atoms with Crippen molar-refractivity contribution in [3.63, 3.8) is 0 Å². The highest BCUT2D eigenvalue weighted by Crippen LogP contribution is 2.16. The summed E-state index contributed by atoms with van der Waals surface area (Å²) in [5, 5.41) is 10.4. The van der Waals surface area contributed by atoms with Gasteiger partial charge in [-0.15, -0.1) is 12.4 Å². The smallest absolute Gasteiger partial charge is 0.271 e. The second kappa shape index (κ2) is 5.47. The van der Waals surface area contributed by atoms with E-state index in [1.54, 1.807) is 18.2 Å². The van der Waals surface area contributed by atoms with Crippen LogP contribution in [0.2, 0.25) is 0 Å². The largest absolute Gasteiger partial charge is 0.273 e. The molecule has 0 aliphatic heterocycles. The zero-order chi connectivity index (χ0) is 8.97. The third-order valence-electron chi connectivity index (χ3n) is 1.48. The molecule has 1 rings (SSSR count). The number of hydrogen-bond donors (Lipinski definition) is 2. The number of rotatable bonds is 3. The molecule has 0 saturated heterocycles. The van der Waals surface area contributed by atoms with Crippen LogP contribution in [0.25, 0.3) is 0 Å². The lowest BCUT2D eigenvalue weighted by Crippen LogP contribution is -2.21. The molecule has 13 heavy (non-hydrogen) atoms. The van der Waals surface area contributed by atoms with Gasteiger partial charge in [0.2, 0.25) is 0 Å². The normalized spacial score (nSPS) is 9.00. The summed E-state index contributed by atoms with van der Waals surface area (Å²) in [6.45, 7) is 0.303. The highest BCUT2D eigenvalue weighted by molar-refractivity contribution is 5.85. The maximum absolute atomic E-state index is 10.4. The summed E-state index contributed by atoms with van der Waals surface area (Å²) in [7, 11) is 0. The van der Waals surface area contributed by atoms with E-state index >= 15 is 0 Å². The third-order valence-corrected chi connectivity index (χ3v) is 1.48. The van der Waals surface area contributed by atoms with Crippen LogP contribution in [0.4, 0.5) is 5.69 Å². The highest BCUT2D eigenvalue weighted by Gasteiger charge is 2.10. The molecule has 3 N–H and O–H groups in total. The first-order chi connectivity index (χ1) is 5.75. The number of benzene rings is 1. The van der Waals surface area contributed by atoms with E-state index in [1.807, 2.05) is 0 Å². The SMILES string of the molecule is Cl.NNCc1ccccc1[N+](=O)[O-]. The highest BCUT2D eigenvalue weighted by atomic mass is 35.5. The van der Waals surface area contributed by atoms with E-state index in [0.717, 1.165) is 0 Å². The number of nitrogens with zero attached hydrogens (tertiary/aromatic N) is 1. The monoisotopic (exact) mass is 203 g/mol. The van der Waals surface area contributed by atoms with Gasteiger partial charge in [-0.1, -0.05) is 18.2 Å². The summed E-state index contributed by atoms with van der Waals surface area (Å²) in [4.78, 5) is 10.0. The van der Waals surface area contributed by atoms with Gasteiger partial charge >= 0.3 is 0 Å². The van der Waals surface area contributed by atoms with Crippen molar-refractivity contribution in [2.75, 3.05) is 0 Å². The molecule has 0 aromatic heterocycles. The molecule has 0 unspecified atom stereocenters. The molecule has 0 saturated carbocycles. The number of nitro groups is 1. The number of hydrogen-bond acceptors (Lipinski definition) is 4.